The van der Waals surface area contributed by atoms with Gasteiger partial charge < -0.3 is 14.2 Å². The Morgan fingerprint density at radius 2 is 1.88 bits per heavy atom. The lowest BCUT2D eigenvalue weighted by atomic mass is 10.1. The molecule has 1 heterocycles. The predicted molar refractivity (Wildman–Crippen MR) is 88.7 cm³/mol. The van der Waals surface area contributed by atoms with Crippen LogP contribution in [0.5, 0.6) is 11.6 Å². The van der Waals surface area contributed by atoms with E-state index in [1.807, 2.05) is 0 Å². The number of carbonyl (C=O) groups excluding carboxylic acids is 1. The molecule has 0 bridgehead atoms. The lowest BCUT2D eigenvalue weighted by Gasteiger charge is -2.12. The zero-order valence-electron chi connectivity index (χ0n) is 13.8. The summed E-state index contributed by atoms with van der Waals surface area (Å²) in [6.07, 6.45) is 3.35. The molecule has 0 unspecified atom stereocenters. The average Bonchev–Trinajstić information content (AvgIpc) is 2.59. The summed E-state index contributed by atoms with van der Waals surface area (Å²) in [4.78, 5) is 19.6. The Kier molecular flexibility index (Phi) is 5.71. The summed E-state index contributed by atoms with van der Waals surface area (Å²) in [6, 6.07) is 7.83. The zero-order chi connectivity index (χ0) is 18.4. The monoisotopic (exact) mass is 364 g/mol. The number of hydrogen-bond acceptors (Lipinski definition) is 8. The molecule has 0 radical (unpaired) electrons. The lowest BCUT2D eigenvalue weighted by molar-refractivity contribution is -0.133. The fraction of sp³-hybridized carbons (Fsp3) is 0.188. The van der Waals surface area contributed by atoms with Gasteiger partial charge in [0.05, 0.1) is 20.5 Å². The van der Waals surface area contributed by atoms with Crippen LogP contribution < -0.4 is 4.74 Å². The molecule has 8 nitrogen and oxygen atoms in total. The number of sulfone groups is 1. The van der Waals surface area contributed by atoms with Crippen LogP contribution in [0.25, 0.3) is 5.57 Å². The van der Waals surface area contributed by atoms with E-state index >= 15 is 0 Å². The number of rotatable bonds is 6. The van der Waals surface area contributed by atoms with E-state index in [0.29, 0.717) is 5.56 Å². The first-order chi connectivity index (χ1) is 11.9. The Hall–Kier alpha value is -2.94. The maximum absolute atomic E-state index is 12.0. The third-order valence-corrected chi connectivity index (χ3v) is 4.01. The molecule has 0 amide bonds. The largest absolute Gasteiger partial charge is 0.503 e. The molecule has 2 rings (SSSR count). The second-order valence-corrected chi connectivity index (χ2v) is 6.79. The summed E-state index contributed by atoms with van der Waals surface area (Å²) in [6.45, 7) is 0. The molecule has 0 aliphatic carbocycles. The molecule has 1 aromatic carbocycles. The zero-order valence-corrected chi connectivity index (χ0v) is 14.6. The number of benzene rings is 1. The van der Waals surface area contributed by atoms with Crippen LogP contribution in [0.4, 0.5) is 0 Å². The third kappa shape index (κ3) is 4.54. The molecule has 0 aliphatic heterocycles. The molecule has 9 heteroatoms. The van der Waals surface area contributed by atoms with Crippen molar-refractivity contribution >= 4 is 21.4 Å². The maximum Gasteiger partial charge on any atom is 0.341 e. The van der Waals surface area contributed by atoms with Crippen LogP contribution in [0.2, 0.25) is 0 Å². The van der Waals surface area contributed by atoms with Gasteiger partial charge in [0.1, 0.15) is 17.6 Å². The standard InChI is InChI=1S/C16H16N2O6S/c1-22-9-12(16(19)23-2)11-6-4-5-7-13(11)24-14-8-15(18-10-17-14)25(3,20)21/h4-10H,1-3H3/b12-9+. The van der Waals surface area contributed by atoms with Crippen molar-refractivity contribution in [2.24, 2.45) is 0 Å². The van der Waals surface area contributed by atoms with E-state index in [0.717, 1.165) is 12.6 Å². The van der Waals surface area contributed by atoms with E-state index in [1.54, 1.807) is 24.3 Å². The van der Waals surface area contributed by atoms with Crippen molar-refractivity contribution in [3.8, 4) is 11.6 Å². The molecule has 0 spiro atoms. The van der Waals surface area contributed by atoms with Crippen LogP contribution in [0, 0.1) is 0 Å². The van der Waals surface area contributed by atoms with E-state index in [4.69, 9.17) is 14.2 Å². The van der Waals surface area contributed by atoms with Gasteiger partial charge in [-0.05, 0) is 6.07 Å². The van der Waals surface area contributed by atoms with E-state index in [9.17, 15) is 13.2 Å². The molecule has 0 saturated heterocycles. The first-order valence-electron chi connectivity index (χ1n) is 6.97. The van der Waals surface area contributed by atoms with Crippen LogP contribution in [0.15, 0.2) is 47.9 Å². The Bertz CT molecular complexity index is 908. The molecular weight excluding hydrogens is 348 g/mol. The van der Waals surface area contributed by atoms with Crippen molar-refractivity contribution < 1.29 is 27.4 Å². The van der Waals surface area contributed by atoms with Gasteiger partial charge in [-0.1, -0.05) is 18.2 Å². The highest BCUT2D eigenvalue weighted by Gasteiger charge is 2.19. The molecule has 0 N–H and O–H groups in total. The van der Waals surface area contributed by atoms with Crippen LogP contribution in [-0.4, -0.2) is 44.8 Å². The molecule has 2 aromatic rings. The first kappa shape index (κ1) is 18.4. The van der Waals surface area contributed by atoms with Crippen molar-refractivity contribution in [3.05, 3.63) is 48.5 Å². The first-order valence-corrected chi connectivity index (χ1v) is 8.86. The van der Waals surface area contributed by atoms with Crippen LogP contribution in [-0.2, 0) is 24.1 Å². The molecule has 0 atom stereocenters. The molecule has 132 valence electrons. The van der Waals surface area contributed by atoms with Crippen molar-refractivity contribution in [2.45, 2.75) is 5.03 Å². The molecule has 25 heavy (non-hydrogen) atoms. The van der Waals surface area contributed by atoms with Gasteiger partial charge in [-0.3, -0.25) is 0 Å². The summed E-state index contributed by atoms with van der Waals surface area (Å²) in [5.41, 5.74) is 0.536. The highest BCUT2D eigenvalue weighted by Crippen LogP contribution is 2.30. The minimum atomic E-state index is -3.51. The van der Waals surface area contributed by atoms with Gasteiger partial charge in [0.2, 0.25) is 5.88 Å². The quantitative estimate of drug-likeness (QED) is 0.331. The highest BCUT2D eigenvalue weighted by molar-refractivity contribution is 7.90. The number of para-hydroxylation sites is 1. The molecule has 0 fully saturated rings. The summed E-state index contributed by atoms with van der Waals surface area (Å²) >= 11 is 0. The van der Waals surface area contributed by atoms with Gasteiger partial charge in [-0.25, -0.2) is 23.2 Å². The SMILES string of the molecule is CO/C=C(/C(=O)OC)c1ccccc1Oc1cc(S(C)(=O)=O)ncn1. The van der Waals surface area contributed by atoms with Gasteiger partial charge in [0.15, 0.2) is 14.9 Å². The topological polar surface area (TPSA) is 105 Å². The highest BCUT2D eigenvalue weighted by atomic mass is 32.2. The summed E-state index contributed by atoms with van der Waals surface area (Å²) in [5.74, 6) is -0.323. The Labute approximate surface area is 145 Å². The van der Waals surface area contributed by atoms with Crippen molar-refractivity contribution in [1.82, 2.24) is 9.97 Å². The molecule has 0 saturated carbocycles. The maximum atomic E-state index is 12.0. The van der Waals surface area contributed by atoms with E-state index < -0.39 is 15.8 Å². The summed E-state index contributed by atoms with van der Waals surface area (Å²) < 4.78 is 38.5. The number of aromatic nitrogens is 2. The third-order valence-electron chi connectivity index (χ3n) is 3.03. The number of methoxy groups -OCH3 is 2. The smallest absolute Gasteiger partial charge is 0.341 e. The number of esters is 1. The van der Waals surface area contributed by atoms with Gasteiger partial charge >= 0.3 is 5.97 Å². The molecular formula is C16H16N2O6S. The summed E-state index contributed by atoms with van der Waals surface area (Å²) in [5, 5.41) is -0.171. The van der Waals surface area contributed by atoms with Crippen LogP contribution in [0.1, 0.15) is 5.56 Å². The number of ether oxygens (including phenoxy) is 3. The van der Waals surface area contributed by atoms with Crippen molar-refractivity contribution in [3.63, 3.8) is 0 Å². The number of nitrogens with zero attached hydrogens (tertiary/aromatic N) is 2. The van der Waals surface area contributed by atoms with Gasteiger partial charge in [0, 0.05) is 17.9 Å². The minimum Gasteiger partial charge on any atom is -0.503 e. The van der Waals surface area contributed by atoms with E-state index in [2.05, 4.69) is 9.97 Å². The van der Waals surface area contributed by atoms with Crippen LogP contribution >= 0.6 is 0 Å². The summed E-state index contributed by atoms with van der Waals surface area (Å²) in [7, 11) is -0.861. The molecule has 0 aliphatic rings. The fourth-order valence-corrected chi connectivity index (χ4v) is 2.48. The van der Waals surface area contributed by atoms with E-state index in [-0.39, 0.29) is 22.2 Å². The number of carbonyl (C=O) groups is 1. The molecule has 1 aromatic heterocycles. The van der Waals surface area contributed by atoms with Crippen molar-refractivity contribution in [1.29, 1.82) is 0 Å². The van der Waals surface area contributed by atoms with Gasteiger partial charge in [-0.2, -0.15) is 0 Å². The van der Waals surface area contributed by atoms with Crippen molar-refractivity contribution in [2.75, 3.05) is 20.5 Å². The number of hydrogen-bond donors (Lipinski definition) is 0. The minimum absolute atomic E-state index is 0.0181. The van der Waals surface area contributed by atoms with Gasteiger partial charge in [-0.15, -0.1) is 0 Å². The normalized spacial score (nSPS) is 11.7. The second-order valence-electron chi connectivity index (χ2n) is 4.82. The second kappa shape index (κ2) is 7.75. The Morgan fingerprint density at radius 1 is 1.16 bits per heavy atom. The van der Waals surface area contributed by atoms with E-state index in [1.165, 1.54) is 26.5 Å². The Morgan fingerprint density at radius 3 is 2.52 bits per heavy atom. The predicted octanol–water partition coefficient (Wildman–Crippen LogP) is 1.83. The van der Waals surface area contributed by atoms with Gasteiger partial charge in [0.25, 0.3) is 0 Å². The Balaban J connectivity index is 2.45. The fourth-order valence-electron chi connectivity index (χ4n) is 1.92. The average molecular weight is 364 g/mol. The lowest BCUT2D eigenvalue weighted by Crippen LogP contribution is -2.06. The van der Waals surface area contributed by atoms with Crippen LogP contribution in [0.3, 0.4) is 0 Å².